The van der Waals surface area contributed by atoms with Gasteiger partial charge in [-0.2, -0.15) is 5.10 Å². The van der Waals surface area contributed by atoms with Gasteiger partial charge in [-0.1, -0.05) is 12.8 Å². The van der Waals surface area contributed by atoms with Crippen molar-refractivity contribution in [2.45, 2.75) is 57.0 Å². The Kier molecular flexibility index (Phi) is 2.72. The van der Waals surface area contributed by atoms with Crippen LogP contribution in [0.4, 0.5) is 0 Å². The van der Waals surface area contributed by atoms with Gasteiger partial charge in [-0.25, -0.2) is 0 Å². The lowest BCUT2D eigenvalue weighted by Crippen LogP contribution is -2.40. The van der Waals surface area contributed by atoms with Crippen LogP contribution < -0.4 is 5.73 Å². The standard InChI is InChI=1S/C13H21N3/c14-13-6-5-10(13)9-11-7-8-16(15-11)12-3-1-2-4-12/h7-8,10,12-13H,1-6,9,14H2. The van der Waals surface area contributed by atoms with Crippen molar-refractivity contribution in [2.75, 3.05) is 0 Å². The molecule has 2 aliphatic carbocycles. The van der Waals surface area contributed by atoms with Crippen LogP contribution in [0.1, 0.15) is 50.3 Å². The highest BCUT2D eigenvalue weighted by atomic mass is 15.3. The Bertz CT molecular complexity index is 352. The average molecular weight is 219 g/mol. The summed E-state index contributed by atoms with van der Waals surface area (Å²) in [5.74, 6) is 0.687. The van der Waals surface area contributed by atoms with E-state index in [-0.39, 0.29) is 0 Å². The van der Waals surface area contributed by atoms with Crippen LogP contribution >= 0.6 is 0 Å². The Morgan fingerprint density at radius 1 is 1.25 bits per heavy atom. The molecule has 2 unspecified atom stereocenters. The molecule has 2 atom stereocenters. The molecule has 1 aromatic rings. The molecule has 2 fully saturated rings. The first-order valence-corrected chi connectivity index (χ1v) is 6.62. The molecule has 88 valence electrons. The van der Waals surface area contributed by atoms with E-state index in [1.54, 1.807) is 0 Å². The highest BCUT2D eigenvalue weighted by Crippen LogP contribution is 2.31. The van der Waals surface area contributed by atoms with Gasteiger partial charge in [0.05, 0.1) is 11.7 Å². The van der Waals surface area contributed by atoms with Gasteiger partial charge in [0.15, 0.2) is 0 Å². The molecule has 2 saturated carbocycles. The fraction of sp³-hybridized carbons (Fsp3) is 0.769. The fourth-order valence-corrected chi connectivity index (χ4v) is 2.98. The minimum Gasteiger partial charge on any atom is -0.327 e. The van der Waals surface area contributed by atoms with Gasteiger partial charge in [-0.05, 0) is 44.1 Å². The van der Waals surface area contributed by atoms with Crippen LogP contribution in [0, 0.1) is 5.92 Å². The fourth-order valence-electron chi connectivity index (χ4n) is 2.98. The monoisotopic (exact) mass is 219 g/mol. The van der Waals surface area contributed by atoms with Crippen molar-refractivity contribution in [3.8, 4) is 0 Å². The lowest BCUT2D eigenvalue weighted by Gasteiger charge is -2.32. The highest BCUT2D eigenvalue weighted by molar-refractivity contribution is 5.04. The topological polar surface area (TPSA) is 43.8 Å². The number of nitrogens with two attached hydrogens (primary N) is 1. The summed E-state index contributed by atoms with van der Waals surface area (Å²) in [6.45, 7) is 0. The van der Waals surface area contributed by atoms with Crippen molar-refractivity contribution < 1.29 is 0 Å². The smallest absolute Gasteiger partial charge is 0.0628 e. The molecule has 1 aromatic heterocycles. The van der Waals surface area contributed by atoms with E-state index in [2.05, 4.69) is 16.9 Å². The summed E-state index contributed by atoms with van der Waals surface area (Å²) < 4.78 is 2.19. The molecule has 0 bridgehead atoms. The number of nitrogens with zero attached hydrogens (tertiary/aromatic N) is 2. The molecule has 0 spiro atoms. The van der Waals surface area contributed by atoms with Gasteiger partial charge in [0.25, 0.3) is 0 Å². The first-order chi connectivity index (χ1) is 7.83. The molecule has 16 heavy (non-hydrogen) atoms. The summed E-state index contributed by atoms with van der Waals surface area (Å²) in [4.78, 5) is 0. The SMILES string of the molecule is NC1CCC1Cc1ccn(C2CCCC2)n1. The van der Waals surface area contributed by atoms with Crippen molar-refractivity contribution in [1.82, 2.24) is 9.78 Å². The Labute approximate surface area is 97.0 Å². The Hall–Kier alpha value is -0.830. The van der Waals surface area contributed by atoms with E-state index in [9.17, 15) is 0 Å². The number of aromatic nitrogens is 2. The third-order valence-corrected chi connectivity index (χ3v) is 4.31. The highest BCUT2D eigenvalue weighted by Gasteiger charge is 2.28. The zero-order chi connectivity index (χ0) is 11.0. The molecule has 0 radical (unpaired) electrons. The molecule has 0 saturated heterocycles. The van der Waals surface area contributed by atoms with E-state index in [1.807, 2.05) is 0 Å². The second-order valence-electron chi connectivity index (χ2n) is 5.43. The van der Waals surface area contributed by atoms with Crippen molar-refractivity contribution >= 4 is 0 Å². The van der Waals surface area contributed by atoms with Crippen LogP contribution in [0.5, 0.6) is 0 Å². The van der Waals surface area contributed by atoms with Gasteiger partial charge in [-0.15, -0.1) is 0 Å². The van der Waals surface area contributed by atoms with Crippen LogP contribution in [0.3, 0.4) is 0 Å². The van der Waals surface area contributed by atoms with E-state index in [0.717, 1.165) is 6.42 Å². The molecule has 0 aromatic carbocycles. The van der Waals surface area contributed by atoms with E-state index in [0.29, 0.717) is 18.0 Å². The van der Waals surface area contributed by atoms with Gasteiger partial charge < -0.3 is 5.73 Å². The molecule has 3 rings (SSSR count). The van der Waals surface area contributed by atoms with Gasteiger partial charge in [-0.3, -0.25) is 4.68 Å². The summed E-state index contributed by atoms with van der Waals surface area (Å²) in [6.07, 6.45) is 11.1. The van der Waals surface area contributed by atoms with Crippen LogP contribution in [-0.4, -0.2) is 15.8 Å². The molecular formula is C13H21N3. The molecular weight excluding hydrogens is 198 g/mol. The number of hydrogen-bond donors (Lipinski definition) is 1. The molecule has 1 heterocycles. The van der Waals surface area contributed by atoms with Gasteiger partial charge in [0.1, 0.15) is 0 Å². The van der Waals surface area contributed by atoms with Gasteiger partial charge in [0.2, 0.25) is 0 Å². The Balaban J connectivity index is 1.63. The van der Waals surface area contributed by atoms with Crippen molar-refractivity contribution in [1.29, 1.82) is 0 Å². The summed E-state index contributed by atoms with van der Waals surface area (Å²) in [7, 11) is 0. The van der Waals surface area contributed by atoms with Crippen LogP contribution in [0.25, 0.3) is 0 Å². The van der Waals surface area contributed by atoms with Crippen molar-refractivity contribution in [3.05, 3.63) is 18.0 Å². The Morgan fingerprint density at radius 2 is 2.06 bits per heavy atom. The summed E-state index contributed by atoms with van der Waals surface area (Å²) in [6, 6.07) is 3.28. The second kappa shape index (κ2) is 4.21. The van der Waals surface area contributed by atoms with E-state index < -0.39 is 0 Å². The van der Waals surface area contributed by atoms with E-state index >= 15 is 0 Å². The zero-order valence-electron chi connectivity index (χ0n) is 9.81. The maximum absolute atomic E-state index is 5.96. The normalized spacial score (nSPS) is 30.6. The van der Waals surface area contributed by atoms with Gasteiger partial charge >= 0.3 is 0 Å². The summed E-state index contributed by atoms with van der Waals surface area (Å²) in [5, 5.41) is 4.71. The molecule has 2 aliphatic rings. The molecule has 2 N–H and O–H groups in total. The number of rotatable bonds is 3. The summed E-state index contributed by atoms with van der Waals surface area (Å²) in [5.41, 5.74) is 7.21. The van der Waals surface area contributed by atoms with Crippen LogP contribution in [0.15, 0.2) is 12.3 Å². The molecule has 0 aliphatic heterocycles. The van der Waals surface area contributed by atoms with E-state index in [1.165, 1.54) is 44.2 Å². The predicted octanol–water partition coefficient (Wildman–Crippen LogP) is 2.28. The van der Waals surface area contributed by atoms with E-state index in [4.69, 9.17) is 10.8 Å². The minimum atomic E-state index is 0.427. The molecule has 3 nitrogen and oxygen atoms in total. The first-order valence-electron chi connectivity index (χ1n) is 6.62. The second-order valence-corrected chi connectivity index (χ2v) is 5.43. The van der Waals surface area contributed by atoms with Crippen molar-refractivity contribution in [2.24, 2.45) is 11.7 Å². The average Bonchev–Trinajstić information content (AvgIpc) is 2.93. The van der Waals surface area contributed by atoms with Crippen molar-refractivity contribution in [3.63, 3.8) is 0 Å². The van der Waals surface area contributed by atoms with Gasteiger partial charge in [0, 0.05) is 12.2 Å². The lowest BCUT2D eigenvalue weighted by atomic mass is 9.77. The van der Waals surface area contributed by atoms with Crippen LogP contribution in [0.2, 0.25) is 0 Å². The predicted molar refractivity (Wildman–Crippen MR) is 64.1 cm³/mol. The number of hydrogen-bond acceptors (Lipinski definition) is 2. The maximum atomic E-state index is 5.96. The summed E-state index contributed by atoms with van der Waals surface area (Å²) >= 11 is 0. The third kappa shape index (κ3) is 1.88. The Morgan fingerprint density at radius 3 is 2.69 bits per heavy atom. The lowest BCUT2D eigenvalue weighted by molar-refractivity contribution is 0.253. The largest absolute Gasteiger partial charge is 0.327 e. The zero-order valence-corrected chi connectivity index (χ0v) is 9.81. The molecule has 0 amide bonds. The maximum Gasteiger partial charge on any atom is 0.0628 e. The van der Waals surface area contributed by atoms with Crippen LogP contribution in [-0.2, 0) is 6.42 Å². The first kappa shape index (κ1) is 10.3. The quantitative estimate of drug-likeness (QED) is 0.847. The molecule has 3 heteroatoms. The minimum absolute atomic E-state index is 0.427. The third-order valence-electron chi connectivity index (χ3n) is 4.31.